The first-order chi connectivity index (χ1) is 11.3. The van der Waals surface area contributed by atoms with Crippen molar-refractivity contribution in [1.29, 1.82) is 0 Å². The van der Waals surface area contributed by atoms with E-state index < -0.39 is 0 Å². The zero-order chi connectivity index (χ0) is 15.7. The number of nitrogens with zero attached hydrogens (tertiary/aromatic N) is 3. The highest BCUT2D eigenvalue weighted by Crippen LogP contribution is 2.48. The predicted molar refractivity (Wildman–Crippen MR) is 87.1 cm³/mol. The van der Waals surface area contributed by atoms with Crippen molar-refractivity contribution in [2.24, 2.45) is 0 Å². The number of aromatic nitrogens is 3. The molecule has 2 heterocycles. The smallest absolute Gasteiger partial charge is 0.230 e. The number of carbonyl (C=O) groups excluding carboxylic acids is 1. The minimum Gasteiger partial charge on any atom is -0.355 e. The van der Waals surface area contributed by atoms with Crippen molar-refractivity contribution in [3.05, 3.63) is 66.1 Å². The Bertz CT molecular complexity index is 836. The van der Waals surface area contributed by atoms with E-state index in [9.17, 15) is 4.79 Å². The van der Waals surface area contributed by atoms with Crippen molar-refractivity contribution in [1.82, 2.24) is 19.9 Å². The van der Waals surface area contributed by atoms with Gasteiger partial charge in [-0.25, -0.2) is 0 Å². The van der Waals surface area contributed by atoms with Gasteiger partial charge in [-0.2, -0.15) is 0 Å². The Morgan fingerprint density at radius 2 is 1.87 bits per heavy atom. The lowest BCUT2D eigenvalue weighted by molar-refractivity contribution is -0.123. The van der Waals surface area contributed by atoms with Crippen LogP contribution < -0.4 is 5.32 Å². The number of rotatable bonds is 5. The second-order valence-electron chi connectivity index (χ2n) is 6.00. The third-order valence-electron chi connectivity index (χ3n) is 4.53. The molecular formula is C18H18N4O. The van der Waals surface area contributed by atoms with Crippen LogP contribution in [0.5, 0.6) is 0 Å². The van der Waals surface area contributed by atoms with Gasteiger partial charge >= 0.3 is 0 Å². The van der Waals surface area contributed by atoms with Crippen LogP contribution in [-0.2, 0) is 16.6 Å². The lowest BCUT2D eigenvalue weighted by Crippen LogP contribution is -2.36. The normalized spacial score (nSPS) is 15.5. The first kappa shape index (κ1) is 13.9. The van der Waals surface area contributed by atoms with Gasteiger partial charge in [0.05, 0.1) is 5.41 Å². The Morgan fingerprint density at radius 3 is 2.65 bits per heavy atom. The molecular weight excluding hydrogens is 288 g/mol. The van der Waals surface area contributed by atoms with Crippen molar-refractivity contribution in [2.75, 3.05) is 6.54 Å². The molecule has 1 N–H and O–H groups in total. The molecule has 5 heteroatoms. The largest absolute Gasteiger partial charge is 0.355 e. The molecule has 1 saturated carbocycles. The summed E-state index contributed by atoms with van der Waals surface area (Å²) in [6, 6.07) is 15.9. The molecule has 0 bridgehead atoms. The molecule has 0 unspecified atom stereocenters. The fourth-order valence-corrected chi connectivity index (χ4v) is 3.05. The summed E-state index contributed by atoms with van der Waals surface area (Å²) in [6.45, 7) is 0.573. The average molecular weight is 306 g/mol. The van der Waals surface area contributed by atoms with Crippen LogP contribution in [0, 0.1) is 0 Å². The van der Waals surface area contributed by atoms with Crippen LogP contribution in [0.3, 0.4) is 0 Å². The minimum atomic E-state index is -0.311. The van der Waals surface area contributed by atoms with Crippen LogP contribution in [0.15, 0.2) is 54.7 Å². The summed E-state index contributed by atoms with van der Waals surface area (Å²) in [7, 11) is 0. The van der Waals surface area contributed by atoms with Crippen LogP contribution in [0.4, 0.5) is 0 Å². The topological polar surface area (TPSA) is 59.3 Å². The van der Waals surface area contributed by atoms with E-state index in [0.29, 0.717) is 13.0 Å². The SMILES string of the molecule is O=C(NCCc1nnc2ccccn12)C1(c2ccccc2)CC1. The maximum atomic E-state index is 12.6. The minimum absolute atomic E-state index is 0.123. The van der Waals surface area contributed by atoms with E-state index in [-0.39, 0.29) is 11.3 Å². The number of nitrogens with one attached hydrogen (secondary N) is 1. The molecule has 116 valence electrons. The van der Waals surface area contributed by atoms with Gasteiger partial charge in [0.1, 0.15) is 5.82 Å². The van der Waals surface area contributed by atoms with Crippen LogP contribution in [-0.4, -0.2) is 27.0 Å². The summed E-state index contributed by atoms with van der Waals surface area (Å²) in [5, 5.41) is 11.4. The third-order valence-corrected chi connectivity index (χ3v) is 4.53. The number of fused-ring (bicyclic) bond motifs is 1. The van der Waals surface area contributed by atoms with E-state index in [0.717, 1.165) is 29.9 Å². The molecule has 1 aliphatic carbocycles. The van der Waals surface area contributed by atoms with Gasteiger partial charge in [-0.3, -0.25) is 9.20 Å². The number of hydrogen-bond acceptors (Lipinski definition) is 3. The van der Waals surface area contributed by atoms with Crippen molar-refractivity contribution < 1.29 is 4.79 Å². The fourth-order valence-electron chi connectivity index (χ4n) is 3.05. The fraction of sp³-hybridized carbons (Fsp3) is 0.278. The van der Waals surface area contributed by atoms with Crippen molar-refractivity contribution in [2.45, 2.75) is 24.7 Å². The van der Waals surface area contributed by atoms with Crippen LogP contribution >= 0.6 is 0 Å². The highest BCUT2D eigenvalue weighted by Gasteiger charge is 2.50. The zero-order valence-electron chi connectivity index (χ0n) is 12.8. The van der Waals surface area contributed by atoms with E-state index >= 15 is 0 Å². The zero-order valence-corrected chi connectivity index (χ0v) is 12.8. The lowest BCUT2D eigenvalue weighted by atomic mass is 9.95. The molecule has 1 aliphatic rings. The number of hydrogen-bond donors (Lipinski definition) is 1. The van der Waals surface area contributed by atoms with Gasteiger partial charge in [0.25, 0.3) is 0 Å². The van der Waals surface area contributed by atoms with Gasteiger partial charge in [0.15, 0.2) is 5.65 Å². The van der Waals surface area contributed by atoms with Gasteiger partial charge in [-0.05, 0) is 30.5 Å². The molecule has 5 nitrogen and oxygen atoms in total. The van der Waals surface area contributed by atoms with Crippen LogP contribution in [0.25, 0.3) is 5.65 Å². The van der Waals surface area contributed by atoms with Gasteiger partial charge < -0.3 is 5.32 Å². The summed E-state index contributed by atoms with van der Waals surface area (Å²) in [5.41, 5.74) is 1.64. The number of carbonyl (C=O) groups is 1. The maximum absolute atomic E-state index is 12.6. The molecule has 2 aromatic heterocycles. The van der Waals surface area contributed by atoms with Crippen molar-refractivity contribution >= 4 is 11.6 Å². The molecule has 23 heavy (non-hydrogen) atoms. The summed E-state index contributed by atoms with van der Waals surface area (Å²) >= 11 is 0. The molecule has 4 rings (SSSR count). The van der Waals surface area contributed by atoms with E-state index in [4.69, 9.17) is 0 Å². The Labute approximate surface area is 134 Å². The monoisotopic (exact) mass is 306 g/mol. The molecule has 1 amide bonds. The van der Waals surface area contributed by atoms with E-state index in [1.807, 2.05) is 59.1 Å². The molecule has 0 radical (unpaired) electrons. The highest BCUT2D eigenvalue weighted by atomic mass is 16.2. The maximum Gasteiger partial charge on any atom is 0.230 e. The summed E-state index contributed by atoms with van der Waals surface area (Å²) in [6.07, 6.45) is 4.47. The van der Waals surface area contributed by atoms with Gasteiger partial charge in [0, 0.05) is 19.2 Å². The van der Waals surface area contributed by atoms with Gasteiger partial charge in [0.2, 0.25) is 5.91 Å². The quantitative estimate of drug-likeness (QED) is 0.785. The average Bonchev–Trinajstić information content (AvgIpc) is 3.32. The molecule has 1 fully saturated rings. The molecule has 0 atom stereocenters. The second-order valence-corrected chi connectivity index (χ2v) is 6.00. The standard InChI is InChI=1S/C18H18N4O/c23-17(18(10-11-18)14-6-2-1-3-7-14)19-12-9-16-21-20-15-8-4-5-13-22(15)16/h1-8,13H,9-12H2,(H,19,23). The first-order valence-electron chi connectivity index (χ1n) is 7.92. The van der Waals surface area contributed by atoms with Crippen LogP contribution in [0.2, 0.25) is 0 Å². The number of benzene rings is 1. The molecule has 0 spiro atoms. The van der Waals surface area contributed by atoms with Gasteiger partial charge in [-0.15, -0.1) is 10.2 Å². The van der Waals surface area contributed by atoms with E-state index in [2.05, 4.69) is 15.5 Å². The molecule has 1 aromatic carbocycles. The van der Waals surface area contributed by atoms with Crippen LogP contribution in [0.1, 0.15) is 24.2 Å². The summed E-state index contributed by atoms with van der Waals surface area (Å²) < 4.78 is 1.95. The Kier molecular flexibility index (Phi) is 3.33. The molecule has 3 aromatic rings. The first-order valence-corrected chi connectivity index (χ1v) is 7.92. The Hall–Kier alpha value is -2.69. The number of pyridine rings is 1. The van der Waals surface area contributed by atoms with E-state index in [1.165, 1.54) is 0 Å². The molecule has 0 aliphatic heterocycles. The number of amides is 1. The summed E-state index contributed by atoms with van der Waals surface area (Å²) in [5.74, 6) is 0.989. The predicted octanol–water partition coefficient (Wildman–Crippen LogP) is 2.12. The Morgan fingerprint density at radius 1 is 1.09 bits per heavy atom. The third kappa shape index (κ3) is 2.48. The Balaban J connectivity index is 1.41. The van der Waals surface area contributed by atoms with E-state index in [1.54, 1.807) is 0 Å². The highest BCUT2D eigenvalue weighted by molar-refractivity contribution is 5.91. The molecule has 0 saturated heterocycles. The lowest BCUT2D eigenvalue weighted by Gasteiger charge is -2.15. The van der Waals surface area contributed by atoms with Crippen molar-refractivity contribution in [3.8, 4) is 0 Å². The summed E-state index contributed by atoms with van der Waals surface area (Å²) in [4.78, 5) is 12.6. The van der Waals surface area contributed by atoms with Gasteiger partial charge in [-0.1, -0.05) is 36.4 Å². The second kappa shape index (κ2) is 5.50. The van der Waals surface area contributed by atoms with Crippen molar-refractivity contribution in [3.63, 3.8) is 0 Å².